The van der Waals surface area contributed by atoms with Crippen molar-refractivity contribution in [2.45, 2.75) is 19.4 Å². The SMILES string of the molecule is CCCOc1cncc(C(O)c2ccc(C#N)cc2)c1. The number of benzene rings is 1. The van der Waals surface area contributed by atoms with Crippen molar-refractivity contribution in [3.8, 4) is 11.8 Å². The molecule has 1 aromatic carbocycles. The van der Waals surface area contributed by atoms with Gasteiger partial charge in [-0.2, -0.15) is 5.26 Å². The average molecular weight is 268 g/mol. The monoisotopic (exact) mass is 268 g/mol. The Labute approximate surface area is 118 Å². The van der Waals surface area contributed by atoms with E-state index >= 15 is 0 Å². The van der Waals surface area contributed by atoms with Crippen molar-refractivity contribution in [2.75, 3.05) is 6.61 Å². The molecule has 0 saturated heterocycles. The third-order valence-corrected chi connectivity index (χ3v) is 2.88. The van der Waals surface area contributed by atoms with Gasteiger partial charge < -0.3 is 9.84 Å². The molecule has 0 radical (unpaired) electrons. The third-order valence-electron chi connectivity index (χ3n) is 2.88. The van der Waals surface area contributed by atoms with Gasteiger partial charge in [0.25, 0.3) is 0 Å². The Morgan fingerprint density at radius 1 is 1.25 bits per heavy atom. The average Bonchev–Trinajstić information content (AvgIpc) is 2.52. The van der Waals surface area contributed by atoms with Gasteiger partial charge in [0.05, 0.1) is 24.4 Å². The molecule has 0 aliphatic heterocycles. The Morgan fingerprint density at radius 3 is 2.65 bits per heavy atom. The van der Waals surface area contributed by atoms with E-state index in [1.165, 1.54) is 0 Å². The molecule has 0 aliphatic rings. The van der Waals surface area contributed by atoms with Crippen molar-refractivity contribution in [3.05, 3.63) is 59.4 Å². The standard InChI is InChI=1S/C16H16N2O2/c1-2-7-20-15-8-14(10-18-11-15)16(19)13-5-3-12(9-17)4-6-13/h3-6,8,10-11,16,19H,2,7H2,1H3. The van der Waals surface area contributed by atoms with Crippen LogP contribution in [0, 0.1) is 11.3 Å². The van der Waals surface area contributed by atoms with Crippen LogP contribution in [0.3, 0.4) is 0 Å². The number of pyridine rings is 1. The molecule has 1 heterocycles. The number of nitriles is 1. The van der Waals surface area contributed by atoms with Crippen LogP contribution in [0.25, 0.3) is 0 Å². The summed E-state index contributed by atoms with van der Waals surface area (Å²) >= 11 is 0. The second-order valence-electron chi connectivity index (χ2n) is 4.44. The Bertz CT molecular complexity index is 603. The van der Waals surface area contributed by atoms with Crippen molar-refractivity contribution >= 4 is 0 Å². The first-order chi connectivity index (χ1) is 9.74. The quantitative estimate of drug-likeness (QED) is 0.905. The maximum absolute atomic E-state index is 10.3. The first-order valence-electron chi connectivity index (χ1n) is 6.50. The summed E-state index contributed by atoms with van der Waals surface area (Å²) in [6, 6.07) is 10.7. The number of hydrogen-bond donors (Lipinski definition) is 1. The van der Waals surface area contributed by atoms with E-state index in [4.69, 9.17) is 10.00 Å². The smallest absolute Gasteiger partial charge is 0.137 e. The normalized spacial score (nSPS) is 11.7. The zero-order valence-corrected chi connectivity index (χ0v) is 11.3. The molecule has 0 bridgehead atoms. The summed E-state index contributed by atoms with van der Waals surface area (Å²) in [4.78, 5) is 4.08. The zero-order chi connectivity index (χ0) is 14.4. The van der Waals surface area contributed by atoms with Crippen LogP contribution < -0.4 is 4.74 Å². The highest BCUT2D eigenvalue weighted by molar-refractivity contribution is 5.37. The lowest BCUT2D eigenvalue weighted by Gasteiger charge is -2.12. The molecule has 1 unspecified atom stereocenters. The number of aliphatic hydroxyl groups is 1. The van der Waals surface area contributed by atoms with E-state index < -0.39 is 6.10 Å². The summed E-state index contributed by atoms with van der Waals surface area (Å²) in [6.45, 7) is 2.65. The number of ether oxygens (including phenoxy) is 1. The molecule has 102 valence electrons. The fourth-order valence-corrected chi connectivity index (χ4v) is 1.82. The molecular weight excluding hydrogens is 252 g/mol. The maximum Gasteiger partial charge on any atom is 0.137 e. The molecule has 0 aliphatic carbocycles. The molecular formula is C16H16N2O2. The second kappa shape index (κ2) is 6.69. The summed E-state index contributed by atoms with van der Waals surface area (Å²) in [6.07, 6.45) is 3.38. The minimum absolute atomic E-state index is 0.569. The van der Waals surface area contributed by atoms with Crippen molar-refractivity contribution in [1.29, 1.82) is 5.26 Å². The van der Waals surface area contributed by atoms with E-state index in [-0.39, 0.29) is 0 Å². The van der Waals surface area contributed by atoms with Gasteiger partial charge in [0.15, 0.2) is 0 Å². The Kier molecular flexibility index (Phi) is 4.70. The molecule has 2 aromatic rings. The van der Waals surface area contributed by atoms with Crippen molar-refractivity contribution in [3.63, 3.8) is 0 Å². The number of nitrogens with zero attached hydrogens (tertiary/aromatic N) is 2. The van der Waals surface area contributed by atoms with Gasteiger partial charge in [0, 0.05) is 11.8 Å². The van der Waals surface area contributed by atoms with Crippen LogP contribution in [0.1, 0.15) is 36.1 Å². The van der Waals surface area contributed by atoms with Crippen molar-refractivity contribution in [1.82, 2.24) is 4.98 Å². The van der Waals surface area contributed by atoms with E-state index in [9.17, 15) is 5.11 Å². The summed E-state index contributed by atoms with van der Waals surface area (Å²) in [7, 11) is 0. The van der Waals surface area contributed by atoms with Crippen molar-refractivity contribution < 1.29 is 9.84 Å². The van der Waals surface area contributed by atoms with E-state index in [0.29, 0.717) is 23.5 Å². The number of aromatic nitrogens is 1. The summed E-state index contributed by atoms with van der Waals surface area (Å²) in [5.41, 5.74) is 1.96. The predicted molar refractivity (Wildman–Crippen MR) is 75.2 cm³/mol. The highest BCUT2D eigenvalue weighted by Gasteiger charge is 2.11. The van der Waals surface area contributed by atoms with Crippen LogP contribution in [0.4, 0.5) is 0 Å². The van der Waals surface area contributed by atoms with Gasteiger partial charge in [-0.3, -0.25) is 4.98 Å². The Balaban J connectivity index is 2.19. The first kappa shape index (κ1) is 14.0. The molecule has 4 heteroatoms. The molecule has 2 rings (SSSR count). The molecule has 0 spiro atoms. The highest BCUT2D eigenvalue weighted by atomic mass is 16.5. The molecule has 1 atom stereocenters. The predicted octanol–water partition coefficient (Wildman–Crippen LogP) is 2.82. The van der Waals surface area contributed by atoms with Crippen LogP contribution in [-0.2, 0) is 0 Å². The number of rotatable bonds is 5. The lowest BCUT2D eigenvalue weighted by Crippen LogP contribution is -2.02. The van der Waals surface area contributed by atoms with Gasteiger partial charge >= 0.3 is 0 Å². The van der Waals surface area contributed by atoms with Crippen LogP contribution in [0.2, 0.25) is 0 Å². The maximum atomic E-state index is 10.3. The molecule has 0 fully saturated rings. The highest BCUT2D eigenvalue weighted by Crippen LogP contribution is 2.24. The topological polar surface area (TPSA) is 66.1 Å². The van der Waals surface area contributed by atoms with Crippen LogP contribution in [0.15, 0.2) is 42.7 Å². The fourth-order valence-electron chi connectivity index (χ4n) is 1.82. The van der Waals surface area contributed by atoms with E-state index in [1.807, 2.05) is 6.92 Å². The molecule has 20 heavy (non-hydrogen) atoms. The van der Waals surface area contributed by atoms with Gasteiger partial charge in [0.2, 0.25) is 0 Å². The van der Waals surface area contributed by atoms with Crippen LogP contribution in [-0.4, -0.2) is 16.7 Å². The fraction of sp³-hybridized carbons (Fsp3) is 0.250. The number of aliphatic hydroxyl groups excluding tert-OH is 1. The third kappa shape index (κ3) is 3.34. The number of hydrogen-bond acceptors (Lipinski definition) is 4. The van der Waals surface area contributed by atoms with Crippen LogP contribution in [0.5, 0.6) is 5.75 Å². The Hall–Kier alpha value is -2.38. The van der Waals surface area contributed by atoms with Crippen molar-refractivity contribution in [2.24, 2.45) is 0 Å². The molecule has 1 aromatic heterocycles. The van der Waals surface area contributed by atoms with Gasteiger partial charge in [-0.1, -0.05) is 19.1 Å². The summed E-state index contributed by atoms with van der Waals surface area (Å²) in [5.74, 6) is 0.650. The van der Waals surface area contributed by atoms with Gasteiger partial charge in [-0.25, -0.2) is 0 Å². The molecule has 4 nitrogen and oxygen atoms in total. The van der Waals surface area contributed by atoms with E-state index in [2.05, 4.69) is 11.1 Å². The molecule has 0 amide bonds. The van der Waals surface area contributed by atoms with Gasteiger partial charge in [-0.05, 0) is 30.2 Å². The van der Waals surface area contributed by atoms with E-state index in [1.54, 1.807) is 42.7 Å². The minimum atomic E-state index is -0.777. The lowest BCUT2D eigenvalue weighted by molar-refractivity contribution is 0.218. The largest absolute Gasteiger partial charge is 0.492 e. The Morgan fingerprint density at radius 2 is 2.00 bits per heavy atom. The summed E-state index contributed by atoms with van der Waals surface area (Å²) in [5, 5.41) is 19.1. The van der Waals surface area contributed by atoms with Gasteiger partial charge in [0.1, 0.15) is 11.9 Å². The van der Waals surface area contributed by atoms with Crippen LogP contribution >= 0.6 is 0 Å². The van der Waals surface area contributed by atoms with E-state index in [0.717, 1.165) is 12.0 Å². The lowest BCUT2D eigenvalue weighted by atomic mass is 10.0. The minimum Gasteiger partial charge on any atom is -0.492 e. The zero-order valence-electron chi connectivity index (χ0n) is 11.3. The molecule has 0 saturated carbocycles. The summed E-state index contributed by atoms with van der Waals surface area (Å²) < 4.78 is 5.50. The second-order valence-corrected chi connectivity index (χ2v) is 4.44. The first-order valence-corrected chi connectivity index (χ1v) is 6.50. The van der Waals surface area contributed by atoms with Gasteiger partial charge in [-0.15, -0.1) is 0 Å². The molecule has 1 N–H and O–H groups in total.